The molecule has 0 spiro atoms. The molecule has 0 saturated heterocycles. The molecule has 0 aliphatic rings. The van der Waals surface area contributed by atoms with Crippen molar-refractivity contribution < 1.29 is 14.4 Å². The molecular formula is C14H20BrNO4. The van der Waals surface area contributed by atoms with Gasteiger partial charge in [0.15, 0.2) is 11.5 Å². The van der Waals surface area contributed by atoms with E-state index in [1.165, 1.54) is 19.2 Å². The SMILES string of the molecule is CCC(CC)(CBr)COc1ccc([N+](=O)[O-])cc1OC. The largest absolute Gasteiger partial charge is 0.493 e. The van der Waals surface area contributed by atoms with E-state index in [9.17, 15) is 10.1 Å². The van der Waals surface area contributed by atoms with Crippen LogP contribution < -0.4 is 9.47 Å². The van der Waals surface area contributed by atoms with E-state index >= 15 is 0 Å². The average Bonchev–Trinajstić information content (AvgIpc) is 2.49. The van der Waals surface area contributed by atoms with Crippen molar-refractivity contribution in [2.24, 2.45) is 5.41 Å². The second-order valence-corrected chi connectivity index (χ2v) is 5.28. The van der Waals surface area contributed by atoms with Crippen LogP contribution in [0.15, 0.2) is 18.2 Å². The highest BCUT2D eigenvalue weighted by Gasteiger charge is 2.26. The van der Waals surface area contributed by atoms with Crippen LogP contribution in [0, 0.1) is 15.5 Å². The number of nitrogens with zero attached hydrogens (tertiary/aromatic N) is 1. The van der Waals surface area contributed by atoms with Gasteiger partial charge in [0.25, 0.3) is 5.69 Å². The molecule has 0 radical (unpaired) electrons. The molecule has 6 heteroatoms. The van der Waals surface area contributed by atoms with Gasteiger partial charge < -0.3 is 9.47 Å². The van der Waals surface area contributed by atoms with Gasteiger partial charge >= 0.3 is 0 Å². The Labute approximate surface area is 127 Å². The topological polar surface area (TPSA) is 61.6 Å². The van der Waals surface area contributed by atoms with Crippen molar-refractivity contribution in [3.63, 3.8) is 0 Å². The van der Waals surface area contributed by atoms with Crippen LogP contribution >= 0.6 is 15.9 Å². The number of non-ortho nitro benzene ring substituents is 1. The van der Waals surface area contributed by atoms with Gasteiger partial charge in [-0.15, -0.1) is 0 Å². The fourth-order valence-electron chi connectivity index (χ4n) is 1.80. The predicted molar refractivity (Wildman–Crippen MR) is 82.0 cm³/mol. The third-order valence-corrected chi connectivity index (χ3v) is 4.86. The number of nitro benzene ring substituents is 1. The highest BCUT2D eigenvalue weighted by Crippen LogP contribution is 2.34. The fourth-order valence-corrected chi connectivity index (χ4v) is 2.76. The van der Waals surface area contributed by atoms with E-state index in [0.29, 0.717) is 18.1 Å². The Balaban J connectivity index is 2.90. The smallest absolute Gasteiger partial charge is 0.273 e. The van der Waals surface area contributed by atoms with Crippen LogP contribution in [-0.4, -0.2) is 24.0 Å². The first-order chi connectivity index (χ1) is 9.51. The number of benzene rings is 1. The summed E-state index contributed by atoms with van der Waals surface area (Å²) in [5.74, 6) is 0.917. The van der Waals surface area contributed by atoms with Crippen LogP contribution in [0.3, 0.4) is 0 Å². The van der Waals surface area contributed by atoms with Gasteiger partial charge in [-0.3, -0.25) is 10.1 Å². The minimum Gasteiger partial charge on any atom is -0.493 e. The molecule has 0 N–H and O–H groups in total. The van der Waals surface area contributed by atoms with E-state index in [1.54, 1.807) is 6.07 Å². The highest BCUT2D eigenvalue weighted by atomic mass is 79.9. The Morgan fingerprint density at radius 2 is 1.95 bits per heavy atom. The van der Waals surface area contributed by atoms with Gasteiger partial charge in [0, 0.05) is 16.8 Å². The van der Waals surface area contributed by atoms with Crippen molar-refractivity contribution in [2.75, 3.05) is 19.0 Å². The number of methoxy groups -OCH3 is 1. The van der Waals surface area contributed by atoms with E-state index in [-0.39, 0.29) is 11.1 Å². The van der Waals surface area contributed by atoms with Crippen molar-refractivity contribution in [1.29, 1.82) is 0 Å². The number of nitro groups is 1. The van der Waals surface area contributed by atoms with Gasteiger partial charge in [-0.25, -0.2) is 0 Å². The van der Waals surface area contributed by atoms with Gasteiger partial charge in [0.1, 0.15) is 0 Å². The second-order valence-electron chi connectivity index (χ2n) is 4.72. The maximum Gasteiger partial charge on any atom is 0.273 e. The van der Waals surface area contributed by atoms with Crippen LogP contribution in [0.1, 0.15) is 26.7 Å². The standard InChI is InChI=1S/C14H20BrNO4/c1-4-14(5-2,9-15)10-20-12-7-6-11(16(17)18)8-13(12)19-3/h6-8H,4-5,9-10H2,1-3H3. The maximum absolute atomic E-state index is 10.7. The zero-order chi connectivity index (χ0) is 15.2. The zero-order valence-electron chi connectivity index (χ0n) is 12.0. The van der Waals surface area contributed by atoms with E-state index in [4.69, 9.17) is 9.47 Å². The van der Waals surface area contributed by atoms with Crippen molar-refractivity contribution in [3.05, 3.63) is 28.3 Å². The van der Waals surface area contributed by atoms with E-state index in [1.807, 2.05) is 0 Å². The first kappa shape index (κ1) is 16.8. The van der Waals surface area contributed by atoms with Gasteiger partial charge in [0.05, 0.1) is 24.7 Å². The molecule has 0 atom stereocenters. The lowest BCUT2D eigenvalue weighted by Crippen LogP contribution is -2.29. The number of hydrogen-bond acceptors (Lipinski definition) is 4. The summed E-state index contributed by atoms with van der Waals surface area (Å²) in [6.07, 6.45) is 1.98. The fraction of sp³-hybridized carbons (Fsp3) is 0.571. The average molecular weight is 346 g/mol. The Hall–Kier alpha value is -1.30. The van der Waals surface area contributed by atoms with Crippen molar-refractivity contribution in [3.8, 4) is 11.5 Å². The molecule has 0 bridgehead atoms. The molecule has 0 aliphatic carbocycles. The molecule has 20 heavy (non-hydrogen) atoms. The summed E-state index contributed by atoms with van der Waals surface area (Å²) in [6.45, 7) is 4.79. The van der Waals surface area contributed by atoms with Crippen molar-refractivity contribution in [1.82, 2.24) is 0 Å². The predicted octanol–water partition coefficient (Wildman–Crippen LogP) is 4.18. The summed E-state index contributed by atoms with van der Waals surface area (Å²) in [6, 6.07) is 4.38. The molecule has 0 aliphatic heterocycles. The Bertz CT molecular complexity index is 452. The lowest BCUT2D eigenvalue weighted by molar-refractivity contribution is -0.385. The first-order valence-electron chi connectivity index (χ1n) is 6.53. The van der Waals surface area contributed by atoms with Gasteiger partial charge in [-0.05, 0) is 18.9 Å². The summed E-state index contributed by atoms with van der Waals surface area (Å²) >= 11 is 3.53. The van der Waals surface area contributed by atoms with Crippen molar-refractivity contribution >= 4 is 21.6 Å². The van der Waals surface area contributed by atoms with Crippen LogP contribution in [0.25, 0.3) is 0 Å². The van der Waals surface area contributed by atoms with Crippen LogP contribution in [0.5, 0.6) is 11.5 Å². The number of halogens is 1. The van der Waals surface area contributed by atoms with Crippen LogP contribution in [0.4, 0.5) is 5.69 Å². The van der Waals surface area contributed by atoms with E-state index in [2.05, 4.69) is 29.8 Å². The molecule has 0 aromatic heterocycles. The summed E-state index contributed by atoms with van der Waals surface area (Å²) in [5.41, 5.74) is 0.0548. The summed E-state index contributed by atoms with van der Waals surface area (Å²) < 4.78 is 11.0. The summed E-state index contributed by atoms with van der Waals surface area (Å²) in [5, 5.41) is 11.6. The lowest BCUT2D eigenvalue weighted by atomic mass is 9.86. The van der Waals surface area contributed by atoms with Gasteiger partial charge in [-0.2, -0.15) is 0 Å². The normalized spacial score (nSPS) is 11.2. The molecule has 0 unspecified atom stereocenters. The molecule has 5 nitrogen and oxygen atoms in total. The third-order valence-electron chi connectivity index (χ3n) is 3.68. The minimum atomic E-state index is -0.451. The summed E-state index contributed by atoms with van der Waals surface area (Å²) in [7, 11) is 1.48. The highest BCUT2D eigenvalue weighted by molar-refractivity contribution is 9.09. The van der Waals surface area contributed by atoms with E-state index < -0.39 is 4.92 Å². The molecule has 112 valence electrons. The molecule has 0 heterocycles. The van der Waals surface area contributed by atoms with Crippen LogP contribution in [0.2, 0.25) is 0 Å². The molecule has 1 rings (SSSR count). The lowest BCUT2D eigenvalue weighted by Gasteiger charge is -2.29. The quantitative estimate of drug-likeness (QED) is 0.402. The van der Waals surface area contributed by atoms with Gasteiger partial charge in [-0.1, -0.05) is 29.8 Å². The molecule has 0 saturated carbocycles. The minimum absolute atomic E-state index is 0.00746. The molecule has 0 amide bonds. The number of alkyl halides is 1. The molecule has 1 aromatic carbocycles. The Morgan fingerprint density at radius 1 is 1.30 bits per heavy atom. The molecule has 1 aromatic rings. The van der Waals surface area contributed by atoms with E-state index in [0.717, 1.165) is 18.2 Å². The maximum atomic E-state index is 10.7. The Morgan fingerprint density at radius 3 is 2.40 bits per heavy atom. The zero-order valence-corrected chi connectivity index (χ0v) is 13.6. The second kappa shape index (κ2) is 7.47. The number of rotatable bonds is 8. The van der Waals surface area contributed by atoms with Crippen molar-refractivity contribution in [2.45, 2.75) is 26.7 Å². The molecular weight excluding hydrogens is 326 g/mol. The summed E-state index contributed by atoms with van der Waals surface area (Å²) in [4.78, 5) is 10.3. The Kier molecular flexibility index (Phi) is 6.26. The monoisotopic (exact) mass is 345 g/mol. The van der Waals surface area contributed by atoms with Gasteiger partial charge in [0.2, 0.25) is 0 Å². The number of ether oxygens (including phenoxy) is 2. The van der Waals surface area contributed by atoms with Crippen LogP contribution in [-0.2, 0) is 0 Å². The number of hydrogen-bond donors (Lipinski definition) is 0. The first-order valence-corrected chi connectivity index (χ1v) is 7.65. The molecule has 0 fully saturated rings. The third kappa shape index (κ3) is 3.85.